The predicted octanol–water partition coefficient (Wildman–Crippen LogP) is 4.32. The molecule has 0 unspecified atom stereocenters. The third kappa shape index (κ3) is 3.98. The van der Waals surface area contributed by atoms with Crippen molar-refractivity contribution in [2.45, 2.75) is 43.1 Å². The molecule has 4 aromatic rings. The van der Waals surface area contributed by atoms with Crippen LogP contribution in [0.4, 0.5) is 0 Å². The fourth-order valence-electron chi connectivity index (χ4n) is 4.38. The molecule has 0 N–H and O–H groups in total. The zero-order chi connectivity index (χ0) is 22.1. The highest BCUT2D eigenvalue weighted by molar-refractivity contribution is 7.98. The lowest BCUT2D eigenvalue weighted by Crippen LogP contribution is -2.24. The van der Waals surface area contributed by atoms with Gasteiger partial charge in [-0.3, -0.25) is 9.36 Å². The van der Waals surface area contributed by atoms with Crippen molar-refractivity contribution in [1.82, 2.24) is 9.55 Å². The van der Waals surface area contributed by atoms with E-state index in [1.165, 1.54) is 22.9 Å². The first-order valence-corrected chi connectivity index (χ1v) is 11.8. The van der Waals surface area contributed by atoms with Gasteiger partial charge in [0.1, 0.15) is 5.58 Å². The molecule has 1 aliphatic rings. The maximum absolute atomic E-state index is 13.2. The van der Waals surface area contributed by atoms with E-state index in [2.05, 4.69) is 6.07 Å². The number of fused-ring (bicyclic) bond motifs is 3. The van der Waals surface area contributed by atoms with Crippen LogP contribution >= 0.6 is 11.8 Å². The minimum atomic E-state index is -0.352. The molecule has 0 atom stereocenters. The molecule has 164 valence electrons. The molecule has 2 heterocycles. The smallest absolute Gasteiger partial charge is 0.336 e. The summed E-state index contributed by atoms with van der Waals surface area (Å²) in [4.78, 5) is 30.2. The van der Waals surface area contributed by atoms with E-state index in [4.69, 9.17) is 14.1 Å². The second kappa shape index (κ2) is 8.92. The minimum Gasteiger partial charge on any atom is -0.423 e. The molecule has 2 aromatic heterocycles. The topological polar surface area (TPSA) is 74.3 Å². The van der Waals surface area contributed by atoms with E-state index in [1.807, 2.05) is 30.3 Å². The normalized spacial score (nSPS) is 13.2. The summed E-state index contributed by atoms with van der Waals surface area (Å²) in [6.45, 7) is 1.09. The quantitative estimate of drug-likeness (QED) is 0.181. The van der Waals surface area contributed by atoms with Crippen molar-refractivity contribution < 1.29 is 9.15 Å². The van der Waals surface area contributed by atoms with Crippen LogP contribution in [0.1, 0.15) is 29.5 Å². The fourth-order valence-corrected chi connectivity index (χ4v) is 5.39. The summed E-state index contributed by atoms with van der Waals surface area (Å²) >= 11 is 1.47. The maximum Gasteiger partial charge on any atom is 0.336 e. The molecule has 0 aliphatic heterocycles. The Kier molecular flexibility index (Phi) is 5.85. The number of ether oxygens (including phenoxy) is 1. The minimum absolute atomic E-state index is 0.0514. The SMILES string of the molecule is COCCCn1c(SCc2cc(=O)oc3cc4c(cc23)CCC4)nc2ccccc2c1=O. The first kappa shape index (κ1) is 21.0. The van der Waals surface area contributed by atoms with E-state index in [9.17, 15) is 9.59 Å². The van der Waals surface area contributed by atoms with E-state index in [-0.39, 0.29) is 11.2 Å². The lowest BCUT2D eigenvalue weighted by Gasteiger charge is -2.13. The standard InChI is InChI=1S/C25H24N2O4S/c1-30-11-5-10-27-24(29)19-8-2-3-9-21(19)26-25(27)32-15-18-14-23(28)31-22-13-17-7-4-6-16(17)12-20(18)22/h2-3,8-9,12-14H,4-7,10-11,15H2,1H3. The molecule has 5 rings (SSSR count). The maximum atomic E-state index is 13.2. The van der Waals surface area contributed by atoms with Crippen LogP contribution in [-0.4, -0.2) is 23.3 Å². The number of aromatic nitrogens is 2. The van der Waals surface area contributed by atoms with Gasteiger partial charge in [0.2, 0.25) is 0 Å². The van der Waals surface area contributed by atoms with Crippen LogP contribution in [0.25, 0.3) is 21.9 Å². The Balaban J connectivity index is 1.54. The van der Waals surface area contributed by atoms with Gasteiger partial charge in [0.25, 0.3) is 5.56 Å². The molecule has 0 radical (unpaired) electrons. The Morgan fingerprint density at radius 1 is 1.09 bits per heavy atom. The number of rotatable bonds is 7. The molecular formula is C25H24N2O4S. The number of thioether (sulfide) groups is 1. The zero-order valence-corrected chi connectivity index (χ0v) is 18.7. The van der Waals surface area contributed by atoms with Crippen LogP contribution in [-0.2, 0) is 29.9 Å². The number of para-hydroxylation sites is 1. The van der Waals surface area contributed by atoms with E-state index in [0.29, 0.717) is 47.0 Å². The molecule has 0 bridgehead atoms. The van der Waals surface area contributed by atoms with Gasteiger partial charge in [-0.15, -0.1) is 0 Å². The lowest BCUT2D eigenvalue weighted by atomic mass is 10.0. The van der Waals surface area contributed by atoms with Crippen molar-refractivity contribution in [2.75, 3.05) is 13.7 Å². The highest BCUT2D eigenvalue weighted by Gasteiger charge is 2.17. The lowest BCUT2D eigenvalue weighted by molar-refractivity contribution is 0.189. The summed E-state index contributed by atoms with van der Waals surface area (Å²) < 4.78 is 12.4. The average molecular weight is 449 g/mol. The van der Waals surface area contributed by atoms with Crippen LogP contribution in [0.15, 0.2) is 61.6 Å². The molecule has 0 saturated heterocycles. The second-order valence-electron chi connectivity index (χ2n) is 8.06. The Bertz CT molecular complexity index is 1420. The Hall–Kier alpha value is -2.90. The summed E-state index contributed by atoms with van der Waals surface area (Å²) in [5.41, 5.74) is 4.42. The van der Waals surface area contributed by atoms with Gasteiger partial charge in [-0.25, -0.2) is 9.78 Å². The van der Waals surface area contributed by atoms with Crippen molar-refractivity contribution in [3.63, 3.8) is 0 Å². The zero-order valence-electron chi connectivity index (χ0n) is 17.9. The van der Waals surface area contributed by atoms with Gasteiger partial charge in [0, 0.05) is 37.5 Å². The summed E-state index contributed by atoms with van der Waals surface area (Å²) in [6, 6.07) is 13.1. The molecule has 0 saturated carbocycles. The molecular weight excluding hydrogens is 424 g/mol. The first-order chi connectivity index (χ1) is 15.6. The highest BCUT2D eigenvalue weighted by atomic mass is 32.2. The number of methoxy groups -OCH3 is 1. The van der Waals surface area contributed by atoms with Crippen molar-refractivity contribution in [2.24, 2.45) is 0 Å². The van der Waals surface area contributed by atoms with E-state index >= 15 is 0 Å². The van der Waals surface area contributed by atoms with Crippen LogP contribution < -0.4 is 11.2 Å². The number of hydrogen-bond acceptors (Lipinski definition) is 6. The van der Waals surface area contributed by atoms with Crippen LogP contribution in [0.5, 0.6) is 0 Å². The van der Waals surface area contributed by atoms with Gasteiger partial charge < -0.3 is 9.15 Å². The van der Waals surface area contributed by atoms with Gasteiger partial charge in [-0.05, 0) is 66.6 Å². The summed E-state index contributed by atoms with van der Waals surface area (Å²) in [7, 11) is 1.65. The molecule has 2 aromatic carbocycles. The van der Waals surface area contributed by atoms with Crippen LogP contribution in [0, 0.1) is 0 Å². The summed E-state index contributed by atoms with van der Waals surface area (Å²) in [5, 5.41) is 2.22. The highest BCUT2D eigenvalue weighted by Crippen LogP contribution is 2.31. The molecule has 7 heteroatoms. The fraction of sp³-hybridized carbons (Fsp3) is 0.320. The van der Waals surface area contributed by atoms with Crippen LogP contribution in [0.2, 0.25) is 0 Å². The van der Waals surface area contributed by atoms with E-state index < -0.39 is 0 Å². The second-order valence-corrected chi connectivity index (χ2v) is 9.01. The molecule has 1 aliphatic carbocycles. The van der Waals surface area contributed by atoms with Gasteiger partial charge in [-0.2, -0.15) is 0 Å². The molecule has 0 fully saturated rings. The van der Waals surface area contributed by atoms with Gasteiger partial charge in [0.15, 0.2) is 5.16 Å². The van der Waals surface area contributed by atoms with Crippen molar-refractivity contribution in [3.8, 4) is 0 Å². The molecule has 6 nitrogen and oxygen atoms in total. The molecule has 0 amide bonds. The Morgan fingerprint density at radius 2 is 1.91 bits per heavy atom. The van der Waals surface area contributed by atoms with E-state index in [0.717, 1.165) is 30.2 Å². The van der Waals surface area contributed by atoms with Gasteiger partial charge >= 0.3 is 5.63 Å². The predicted molar refractivity (Wildman–Crippen MR) is 127 cm³/mol. The monoisotopic (exact) mass is 448 g/mol. The number of nitrogens with zero attached hydrogens (tertiary/aromatic N) is 2. The summed E-state index contributed by atoms with van der Waals surface area (Å²) in [6.07, 6.45) is 3.94. The number of benzene rings is 2. The first-order valence-electron chi connectivity index (χ1n) is 10.8. The molecule has 32 heavy (non-hydrogen) atoms. The third-order valence-electron chi connectivity index (χ3n) is 5.96. The molecule has 0 spiro atoms. The summed E-state index contributed by atoms with van der Waals surface area (Å²) in [5.74, 6) is 0.524. The Labute approximate surface area is 189 Å². The average Bonchev–Trinajstić information content (AvgIpc) is 3.25. The Morgan fingerprint density at radius 3 is 2.75 bits per heavy atom. The van der Waals surface area contributed by atoms with Gasteiger partial charge in [-0.1, -0.05) is 23.9 Å². The third-order valence-corrected chi connectivity index (χ3v) is 6.98. The van der Waals surface area contributed by atoms with Crippen molar-refractivity contribution in [1.29, 1.82) is 0 Å². The number of hydrogen-bond donors (Lipinski definition) is 0. The van der Waals surface area contributed by atoms with Gasteiger partial charge in [0.05, 0.1) is 10.9 Å². The largest absolute Gasteiger partial charge is 0.423 e. The number of aryl methyl sites for hydroxylation is 2. The van der Waals surface area contributed by atoms with E-state index in [1.54, 1.807) is 17.7 Å². The van der Waals surface area contributed by atoms with Crippen molar-refractivity contribution >= 4 is 33.6 Å². The van der Waals surface area contributed by atoms with Crippen molar-refractivity contribution in [3.05, 3.63) is 79.9 Å². The van der Waals surface area contributed by atoms with Crippen LogP contribution in [0.3, 0.4) is 0 Å².